The topological polar surface area (TPSA) is 76.0 Å². The van der Waals surface area contributed by atoms with Crippen molar-refractivity contribution in [2.45, 2.75) is 33.7 Å². The molecule has 2 N–H and O–H groups in total. The van der Waals surface area contributed by atoms with Gasteiger partial charge in [0.15, 0.2) is 0 Å². The summed E-state index contributed by atoms with van der Waals surface area (Å²) in [7, 11) is 0. The Labute approximate surface area is 181 Å². The molecule has 0 radical (unpaired) electrons. The monoisotopic (exact) mass is 424 g/mol. The molecule has 0 saturated heterocycles. The second kappa shape index (κ2) is 9.13. The summed E-state index contributed by atoms with van der Waals surface area (Å²) in [4.78, 5) is 25.8. The van der Waals surface area contributed by atoms with Gasteiger partial charge in [-0.1, -0.05) is 49.7 Å². The molecule has 3 rings (SSSR count). The Morgan fingerprint density at radius 2 is 1.70 bits per heavy atom. The fourth-order valence-corrected chi connectivity index (χ4v) is 3.47. The second-order valence-corrected chi connectivity index (χ2v) is 7.93. The van der Waals surface area contributed by atoms with Gasteiger partial charge in [-0.2, -0.15) is 5.10 Å². The van der Waals surface area contributed by atoms with Crippen LogP contribution in [-0.4, -0.2) is 27.6 Å². The van der Waals surface area contributed by atoms with Gasteiger partial charge in [0.25, 0.3) is 5.91 Å². The number of hydrogen-bond acceptors (Lipinski definition) is 3. The molecule has 0 saturated carbocycles. The van der Waals surface area contributed by atoms with Crippen LogP contribution in [0.15, 0.2) is 54.6 Å². The van der Waals surface area contributed by atoms with E-state index in [0.717, 1.165) is 17.1 Å². The van der Waals surface area contributed by atoms with Crippen molar-refractivity contribution in [3.8, 4) is 5.69 Å². The van der Waals surface area contributed by atoms with Crippen molar-refractivity contribution in [2.24, 2.45) is 5.92 Å². The number of nitrogens with one attached hydrogen (secondary N) is 2. The van der Waals surface area contributed by atoms with Gasteiger partial charge in [0.2, 0.25) is 5.91 Å². The fourth-order valence-electron chi connectivity index (χ4n) is 3.25. The van der Waals surface area contributed by atoms with Gasteiger partial charge < -0.3 is 10.6 Å². The molecule has 1 unspecified atom stereocenters. The van der Waals surface area contributed by atoms with Crippen LogP contribution in [0.25, 0.3) is 5.69 Å². The number of para-hydroxylation sites is 2. The zero-order valence-corrected chi connectivity index (χ0v) is 18.2. The first kappa shape index (κ1) is 21.6. The van der Waals surface area contributed by atoms with E-state index < -0.39 is 6.04 Å². The van der Waals surface area contributed by atoms with Gasteiger partial charge in [-0.25, -0.2) is 4.68 Å². The summed E-state index contributed by atoms with van der Waals surface area (Å²) in [6, 6.07) is 15.4. The van der Waals surface area contributed by atoms with Gasteiger partial charge in [-0.3, -0.25) is 9.59 Å². The molecule has 6 nitrogen and oxygen atoms in total. The number of aryl methyl sites for hydroxylation is 2. The number of carbonyl (C=O) groups is 2. The van der Waals surface area contributed by atoms with Gasteiger partial charge in [0, 0.05) is 5.69 Å². The third kappa shape index (κ3) is 4.71. The van der Waals surface area contributed by atoms with Crippen LogP contribution in [0.2, 0.25) is 5.02 Å². The first-order valence-corrected chi connectivity index (χ1v) is 10.1. The maximum atomic E-state index is 13.1. The fraction of sp³-hybridized carbons (Fsp3) is 0.261. The van der Waals surface area contributed by atoms with E-state index in [2.05, 4.69) is 15.7 Å². The number of nitrogens with zero attached hydrogens (tertiary/aromatic N) is 2. The molecule has 2 aromatic carbocycles. The van der Waals surface area contributed by atoms with Crippen LogP contribution in [0.5, 0.6) is 0 Å². The van der Waals surface area contributed by atoms with Crippen molar-refractivity contribution in [1.82, 2.24) is 15.1 Å². The molecule has 156 valence electrons. The number of hydrogen-bond donors (Lipinski definition) is 2. The standard InChI is InChI=1S/C23H25ClN4O2/c1-14(2)21(26-22(29)17-9-5-6-10-18(17)24)23(30)25-19-11-7-8-12-20(19)28-16(4)13-15(3)27-28/h5-14,21H,1-4H3,(H,25,30)(H,26,29). The van der Waals surface area contributed by atoms with E-state index in [1.165, 1.54) is 0 Å². The van der Waals surface area contributed by atoms with E-state index in [-0.39, 0.29) is 17.7 Å². The van der Waals surface area contributed by atoms with E-state index in [0.29, 0.717) is 16.3 Å². The van der Waals surface area contributed by atoms with Gasteiger partial charge in [0.1, 0.15) is 6.04 Å². The smallest absolute Gasteiger partial charge is 0.253 e. The Bertz CT molecular complexity index is 1070. The zero-order valence-electron chi connectivity index (χ0n) is 17.4. The summed E-state index contributed by atoms with van der Waals surface area (Å²) in [6.07, 6.45) is 0. The molecule has 0 bridgehead atoms. The van der Waals surface area contributed by atoms with Crippen molar-refractivity contribution in [3.05, 3.63) is 76.6 Å². The minimum atomic E-state index is -0.734. The predicted molar refractivity (Wildman–Crippen MR) is 119 cm³/mol. The largest absolute Gasteiger partial charge is 0.340 e. The van der Waals surface area contributed by atoms with Crippen LogP contribution in [0.4, 0.5) is 5.69 Å². The third-order valence-corrected chi connectivity index (χ3v) is 5.08. The van der Waals surface area contributed by atoms with Gasteiger partial charge in [0.05, 0.1) is 27.7 Å². The normalized spacial score (nSPS) is 11.9. The zero-order chi connectivity index (χ0) is 21.8. The molecule has 3 aromatic rings. The van der Waals surface area contributed by atoms with Crippen LogP contribution < -0.4 is 10.6 Å². The number of carbonyl (C=O) groups excluding carboxylic acids is 2. The molecular weight excluding hydrogens is 400 g/mol. The maximum absolute atomic E-state index is 13.1. The summed E-state index contributed by atoms with van der Waals surface area (Å²) in [5.74, 6) is -0.821. The number of halogens is 1. The SMILES string of the molecule is Cc1cc(C)n(-c2ccccc2NC(=O)C(NC(=O)c2ccccc2Cl)C(C)C)n1. The summed E-state index contributed by atoms with van der Waals surface area (Å²) in [5, 5.41) is 10.6. The first-order chi connectivity index (χ1) is 14.3. The summed E-state index contributed by atoms with van der Waals surface area (Å²) >= 11 is 6.13. The molecule has 1 atom stereocenters. The van der Waals surface area contributed by atoms with Gasteiger partial charge in [-0.15, -0.1) is 0 Å². The van der Waals surface area contributed by atoms with E-state index in [1.807, 2.05) is 58.0 Å². The summed E-state index contributed by atoms with van der Waals surface area (Å²) in [5.41, 5.74) is 3.56. The summed E-state index contributed by atoms with van der Waals surface area (Å²) in [6.45, 7) is 7.64. The van der Waals surface area contributed by atoms with E-state index >= 15 is 0 Å². The van der Waals surface area contributed by atoms with Crippen LogP contribution in [0.1, 0.15) is 35.6 Å². The third-order valence-electron chi connectivity index (χ3n) is 4.75. The van der Waals surface area contributed by atoms with Crippen molar-refractivity contribution >= 4 is 29.1 Å². The van der Waals surface area contributed by atoms with Crippen LogP contribution >= 0.6 is 11.6 Å². The van der Waals surface area contributed by atoms with E-state index in [9.17, 15) is 9.59 Å². The van der Waals surface area contributed by atoms with E-state index in [4.69, 9.17) is 11.6 Å². The molecule has 7 heteroatoms. The highest BCUT2D eigenvalue weighted by Gasteiger charge is 2.26. The second-order valence-electron chi connectivity index (χ2n) is 7.52. The van der Waals surface area contributed by atoms with E-state index in [1.54, 1.807) is 28.9 Å². The predicted octanol–water partition coefficient (Wildman–Crippen LogP) is 4.54. The van der Waals surface area contributed by atoms with Crippen molar-refractivity contribution in [2.75, 3.05) is 5.32 Å². The lowest BCUT2D eigenvalue weighted by molar-refractivity contribution is -0.118. The Kier molecular flexibility index (Phi) is 6.57. The van der Waals surface area contributed by atoms with Crippen molar-refractivity contribution < 1.29 is 9.59 Å². The molecule has 0 fully saturated rings. The lowest BCUT2D eigenvalue weighted by Gasteiger charge is -2.23. The number of benzene rings is 2. The number of aromatic nitrogens is 2. The van der Waals surface area contributed by atoms with Crippen LogP contribution in [0.3, 0.4) is 0 Å². The molecule has 0 aliphatic heterocycles. The quantitative estimate of drug-likeness (QED) is 0.610. The van der Waals surface area contributed by atoms with Gasteiger partial charge >= 0.3 is 0 Å². The lowest BCUT2D eigenvalue weighted by atomic mass is 10.0. The highest BCUT2D eigenvalue weighted by molar-refractivity contribution is 6.33. The minimum Gasteiger partial charge on any atom is -0.340 e. The molecular formula is C23H25ClN4O2. The van der Waals surface area contributed by atoms with Crippen LogP contribution in [-0.2, 0) is 4.79 Å². The number of amides is 2. The molecule has 0 aliphatic carbocycles. The van der Waals surface area contributed by atoms with Gasteiger partial charge in [-0.05, 0) is 50.1 Å². The minimum absolute atomic E-state index is 0.128. The maximum Gasteiger partial charge on any atom is 0.253 e. The number of anilines is 1. The highest BCUT2D eigenvalue weighted by atomic mass is 35.5. The van der Waals surface area contributed by atoms with Crippen molar-refractivity contribution in [1.29, 1.82) is 0 Å². The lowest BCUT2D eigenvalue weighted by Crippen LogP contribution is -2.47. The molecule has 2 amide bonds. The molecule has 0 aliphatic rings. The average Bonchev–Trinajstić information content (AvgIpc) is 3.04. The molecule has 0 spiro atoms. The molecule has 1 aromatic heterocycles. The average molecular weight is 425 g/mol. The summed E-state index contributed by atoms with van der Waals surface area (Å²) < 4.78 is 1.79. The Hall–Kier alpha value is -3.12. The molecule has 30 heavy (non-hydrogen) atoms. The Morgan fingerprint density at radius 1 is 1.03 bits per heavy atom. The Balaban J connectivity index is 1.84. The number of rotatable bonds is 6. The molecule has 1 heterocycles. The Morgan fingerprint density at radius 3 is 2.33 bits per heavy atom. The van der Waals surface area contributed by atoms with Crippen molar-refractivity contribution in [3.63, 3.8) is 0 Å². The van der Waals surface area contributed by atoms with Crippen LogP contribution in [0, 0.1) is 19.8 Å². The first-order valence-electron chi connectivity index (χ1n) is 9.77. The highest BCUT2D eigenvalue weighted by Crippen LogP contribution is 2.22.